The lowest BCUT2D eigenvalue weighted by Crippen LogP contribution is -2.41. The highest BCUT2D eigenvalue weighted by atomic mass is 35.5. The number of carbonyl (C=O) groups excluding carboxylic acids is 1. The summed E-state index contributed by atoms with van der Waals surface area (Å²) in [7, 11) is 0. The van der Waals surface area contributed by atoms with Crippen LogP contribution in [-0.4, -0.2) is 27.5 Å². The molecule has 2 heterocycles. The number of hydrogen-bond donors (Lipinski definition) is 0. The zero-order valence-corrected chi connectivity index (χ0v) is 14.9. The van der Waals surface area contributed by atoms with Crippen LogP contribution in [-0.2, 0) is 4.79 Å². The summed E-state index contributed by atoms with van der Waals surface area (Å²) in [5.74, 6) is 1.55. The molecular weight excluding hydrogens is 338 g/mol. The molecule has 25 heavy (non-hydrogen) atoms. The molecule has 0 radical (unpaired) electrons. The van der Waals surface area contributed by atoms with E-state index in [1.807, 2.05) is 29.2 Å². The molecular formula is C19H22ClN3O2. The molecule has 1 amide bonds. The van der Waals surface area contributed by atoms with Crippen LogP contribution in [0.25, 0.3) is 11.4 Å². The fraction of sp³-hybridized carbons (Fsp3) is 0.526. The minimum atomic E-state index is -0.0876. The standard InChI is InChI=1S/C19H22ClN3O2/c20-15-10-8-13(9-11-15)17-21-18(25-22-17)16-7-3-4-12-23(16)19(24)14-5-1-2-6-14/h8-11,14,16H,1-7,12H2/t16-/m0/s1. The molecule has 1 aromatic heterocycles. The Labute approximate surface area is 152 Å². The summed E-state index contributed by atoms with van der Waals surface area (Å²) in [5, 5.41) is 4.79. The molecule has 1 aliphatic heterocycles. The average Bonchev–Trinajstić information content (AvgIpc) is 3.34. The third kappa shape index (κ3) is 3.43. The first-order chi connectivity index (χ1) is 12.2. The predicted octanol–water partition coefficient (Wildman–Crippen LogP) is 4.63. The van der Waals surface area contributed by atoms with Crippen molar-refractivity contribution in [2.24, 2.45) is 5.92 Å². The van der Waals surface area contributed by atoms with Crippen LogP contribution in [0.15, 0.2) is 28.8 Å². The van der Waals surface area contributed by atoms with E-state index in [2.05, 4.69) is 10.1 Å². The van der Waals surface area contributed by atoms with Crippen LogP contribution in [0.4, 0.5) is 0 Å². The van der Waals surface area contributed by atoms with Gasteiger partial charge < -0.3 is 9.42 Å². The van der Waals surface area contributed by atoms with E-state index in [-0.39, 0.29) is 17.9 Å². The molecule has 0 bridgehead atoms. The maximum Gasteiger partial charge on any atom is 0.249 e. The predicted molar refractivity (Wildman–Crippen MR) is 95.0 cm³/mol. The van der Waals surface area contributed by atoms with Crippen LogP contribution < -0.4 is 0 Å². The molecule has 0 N–H and O–H groups in total. The lowest BCUT2D eigenvalue weighted by molar-refractivity contribution is -0.140. The van der Waals surface area contributed by atoms with Crippen molar-refractivity contribution in [2.75, 3.05) is 6.54 Å². The number of aromatic nitrogens is 2. The average molecular weight is 360 g/mol. The van der Waals surface area contributed by atoms with Crippen molar-refractivity contribution in [3.8, 4) is 11.4 Å². The van der Waals surface area contributed by atoms with Crippen molar-refractivity contribution < 1.29 is 9.32 Å². The topological polar surface area (TPSA) is 59.2 Å². The van der Waals surface area contributed by atoms with Crippen molar-refractivity contribution >= 4 is 17.5 Å². The van der Waals surface area contributed by atoms with Gasteiger partial charge in [-0.1, -0.05) is 29.6 Å². The van der Waals surface area contributed by atoms with E-state index in [4.69, 9.17) is 16.1 Å². The van der Waals surface area contributed by atoms with Crippen molar-refractivity contribution in [1.82, 2.24) is 15.0 Å². The van der Waals surface area contributed by atoms with Gasteiger partial charge in [0.2, 0.25) is 17.6 Å². The van der Waals surface area contributed by atoms with Crippen LogP contribution in [0.3, 0.4) is 0 Å². The smallest absolute Gasteiger partial charge is 0.249 e. The van der Waals surface area contributed by atoms with E-state index in [1.165, 1.54) is 0 Å². The number of carbonyl (C=O) groups is 1. The van der Waals surface area contributed by atoms with Crippen molar-refractivity contribution in [3.63, 3.8) is 0 Å². The second-order valence-corrected chi connectivity index (χ2v) is 7.42. The summed E-state index contributed by atoms with van der Waals surface area (Å²) in [6.07, 6.45) is 7.38. The molecule has 2 fully saturated rings. The maximum absolute atomic E-state index is 12.9. The van der Waals surface area contributed by atoms with Crippen molar-refractivity contribution in [2.45, 2.75) is 51.0 Å². The number of piperidine rings is 1. The van der Waals surface area contributed by atoms with Gasteiger partial charge in [0.1, 0.15) is 6.04 Å². The third-order valence-electron chi connectivity index (χ3n) is 5.32. The van der Waals surface area contributed by atoms with Gasteiger partial charge in [-0.05, 0) is 56.4 Å². The summed E-state index contributed by atoms with van der Waals surface area (Å²) in [5.41, 5.74) is 0.865. The van der Waals surface area contributed by atoms with E-state index in [0.29, 0.717) is 16.7 Å². The number of rotatable bonds is 3. The van der Waals surface area contributed by atoms with Gasteiger partial charge in [-0.2, -0.15) is 4.98 Å². The SMILES string of the molecule is O=C(C1CCCC1)N1CCCC[C@H]1c1nc(-c2ccc(Cl)cc2)no1. The van der Waals surface area contributed by atoms with Gasteiger partial charge in [-0.25, -0.2) is 0 Å². The largest absolute Gasteiger partial charge is 0.337 e. The minimum Gasteiger partial charge on any atom is -0.337 e. The fourth-order valence-electron chi connectivity index (χ4n) is 3.95. The van der Waals surface area contributed by atoms with Crippen molar-refractivity contribution in [3.05, 3.63) is 35.2 Å². The van der Waals surface area contributed by atoms with E-state index in [0.717, 1.165) is 57.1 Å². The summed E-state index contributed by atoms with van der Waals surface area (Å²) in [6.45, 7) is 0.790. The zero-order chi connectivity index (χ0) is 17.2. The Balaban J connectivity index is 1.56. The molecule has 2 aliphatic rings. The summed E-state index contributed by atoms with van der Waals surface area (Å²) >= 11 is 5.93. The number of benzene rings is 1. The molecule has 2 aromatic rings. The normalized spacial score (nSPS) is 21.6. The van der Waals surface area contributed by atoms with Gasteiger partial charge in [-0.3, -0.25) is 4.79 Å². The lowest BCUT2D eigenvalue weighted by Gasteiger charge is -2.35. The Morgan fingerprint density at radius 1 is 1.08 bits per heavy atom. The highest BCUT2D eigenvalue weighted by Crippen LogP contribution is 2.35. The highest BCUT2D eigenvalue weighted by molar-refractivity contribution is 6.30. The van der Waals surface area contributed by atoms with Crippen LogP contribution in [0, 0.1) is 5.92 Å². The molecule has 6 heteroatoms. The zero-order valence-electron chi connectivity index (χ0n) is 14.2. The molecule has 1 saturated carbocycles. The Hall–Kier alpha value is -1.88. The maximum atomic E-state index is 12.9. The van der Waals surface area contributed by atoms with Crippen LogP contribution >= 0.6 is 11.6 Å². The number of hydrogen-bond acceptors (Lipinski definition) is 4. The second-order valence-electron chi connectivity index (χ2n) is 6.99. The van der Waals surface area contributed by atoms with E-state index < -0.39 is 0 Å². The van der Waals surface area contributed by atoms with Gasteiger partial charge in [0.15, 0.2) is 0 Å². The molecule has 0 unspecified atom stereocenters. The second kappa shape index (κ2) is 7.16. The first-order valence-corrected chi connectivity index (χ1v) is 9.50. The quantitative estimate of drug-likeness (QED) is 0.801. The van der Waals surface area contributed by atoms with Gasteiger partial charge in [0, 0.05) is 23.0 Å². The van der Waals surface area contributed by atoms with E-state index in [1.54, 1.807) is 0 Å². The molecule has 5 nitrogen and oxygen atoms in total. The minimum absolute atomic E-state index is 0.0876. The first-order valence-electron chi connectivity index (χ1n) is 9.12. The van der Waals surface area contributed by atoms with Gasteiger partial charge in [0.05, 0.1) is 0 Å². The third-order valence-corrected chi connectivity index (χ3v) is 5.57. The van der Waals surface area contributed by atoms with Crippen LogP contribution in [0.1, 0.15) is 56.9 Å². The lowest BCUT2D eigenvalue weighted by atomic mass is 9.98. The molecule has 1 aliphatic carbocycles. The number of halogens is 1. The molecule has 0 spiro atoms. The summed E-state index contributed by atoms with van der Waals surface area (Å²) < 4.78 is 5.54. The van der Waals surface area contributed by atoms with Gasteiger partial charge in [0.25, 0.3) is 0 Å². The Morgan fingerprint density at radius 3 is 2.56 bits per heavy atom. The van der Waals surface area contributed by atoms with Gasteiger partial charge in [-0.15, -0.1) is 0 Å². The Morgan fingerprint density at radius 2 is 1.80 bits per heavy atom. The molecule has 1 saturated heterocycles. The number of nitrogens with zero attached hydrogens (tertiary/aromatic N) is 3. The van der Waals surface area contributed by atoms with Crippen molar-refractivity contribution in [1.29, 1.82) is 0 Å². The Kier molecular flexibility index (Phi) is 4.75. The molecule has 4 rings (SSSR count). The van der Waals surface area contributed by atoms with Crippen LogP contribution in [0.2, 0.25) is 5.02 Å². The Bertz CT molecular complexity index is 737. The van der Waals surface area contributed by atoms with Crippen LogP contribution in [0.5, 0.6) is 0 Å². The van der Waals surface area contributed by atoms with Gasteiger partial charge >= 0.3 is 0 Å². The fourth-order valence-corrected chi connectivity index (χ4v) is 4.07. The highest BCUT2D eigenvalue weighted by Gasteiger charge is 2.36. The molecule has 132 valence electrons. The van der Waals surface area contributed by atoms with E-state index >= 15 is 0 Å². The molecule has 1 atom stereocenters. The number of likely N-dealkylation sites (tertiary alicyclic amines) is 1. The summed E-state index contributed by atoms with van der Waals surface area (Å²) in [6, 6.07) is 7.28. The number of amides is 1. The summed E-state index contributed by atoms with van der Waals surface area (Å²) in [4.78, 5) is 19.5. The van der Waals surface area contributed by atoms with E-state index in [9.17, 15) is 4.79 Å². The molecule has 1 aromatic carbocycles. The monoisotopic (exact) mass is 359 g/mol. The first kappa shape index (κ1) is 16.6.